The van der Waals surface area contributed by atoms with Crippen LogP contribution in [0, 0.1) is 20.8 Å². The molecule has 15 atom stereocenters. The van der Waals surface area contributed by atoms with E-state index in [1.807, 2.05) is 0 Å². The molecule has 0 radical (unpaired) electrons. The van der Waals surface area contributed by atoms with Crippen LogP contribution < -0.4 is 18.9 Å². The fourth-order valence-electron chi connectivity index (χ4n) is 7.03. The summed E-state index contributed by atoms with van der Waals surface area (Å²) in [6.07, 6.45) is -24.4. The van der Waals surface area contributed by atoms with Crippen molar-refractivity contribution in [3.8, 4) is 51.4 Å². The first-order chi connectivity index (χ1) is 28.4. The van der Waals surface area contributed by atoms with E-state index in [4.69, 9.17) is 33.2 Å². The Morgan fingerprint density at radius 2 is 0.783 bits per heavy atom. The van der Waals surface area contributed by atoms with Gasteiger partial charge in [0.05, 0.1) is 19.8 Å². The molecular weight excluding hydrogens is 804 g/mol. The van der Waals surface area contributed by atoms with Gasteiger partial charge < -0.3 is 105 Å². The van der Waals surface area contributed by atoms with Crippen molar-refractivity contribution >= 4 is 0 Å². The third kappa shape index (κ3) is 8.92. The fraction of sp³-hybridized carbons (Fsp3) is 0.538. The minimum absolute atomic E-state index is 0.00625. The van der Waals surface area contributed by atoms with Gasteiger partial charge in [-0.25, -0.2) is 0 Å². The van der Waals surface area contributed by atoms with Crippen molar-refractivity contribution in [2.45, 2.75) is 113 Å². The molecule has 0 amide bonds. The molecule has 0 spiro atoms. The van der Waals surface area contributed by atoms with Crippen LogP contribution in [0.1, 0.15) is 16.7 Å². The molecule has 3 aromatic carbocycles. The molecule has 6 rings (SSSR count). The van der Waals surface area contributed by atoms with Crippen LogP contribution >= 0.6 is 0 Å². The zero-order valence-corrected chi connectivity index (χ0v) is 32.4. The Kier molecular flexibility index (Phi) is 14.0. The summed E-state index contributed by atoms with van der Waals surface area (Å²) in [5, 5.41) is 145. The van der Waals surface area contributed by atoms with Gasteiger partial charge in [0.25, 0.3) is 0 Å². The highest BCUT2D eigenvalue weighted by Crippen LogP contribution is 2.48. The summed E-state index contributed by atoms with van der Waals surface area (Å²) >= 11 is 0. The monoisotopic (exact) mass is 854 g/mol. The number of phenolic OH excluding ortho intramolecular Hbond substituents is 2. The Hall–Kier alpha value is -4.14. The smallest absolute Gasteiger partial charge is 0.229 e. The predicted molar refractivity (Wildman–Crippen MR) is 199 cm³/mol. The number of aromatic hydroxyl groups is 2. The largest absolute Gasteiger partial charge is 0.507 e. The summed E-state index contributed by atoms with van der Waals surface area (Å²) in [6.45, 7) is 2.34. The molecule has 21 nitrogen and oxygen atoms in total. The van der Waals surface area contributed by atoms with Crippen LogP contribution in [-0.4, -0.2) is 183 Å². The zero-order valence-electron chi connectivity index (χ0n) is 32.4. The van der Waals surface area contributed by atoms with Crippen LogP contribution in [0.5, 0.6) is 40.2 Å². The van der Waals surface area contributed by atoms with Crippen LogP contribution in [0.4, 0.5) is 0 Å². The SMILES string of the molecule is Cc1cc(O[C@@H]2O[C@H](CO)[C@@H](O)[C@H](O)[C@H]2O)cc(Oc2c(C)cc(O[C@@H]3O[C@H](CO)[C@@H](O)[C@H](O)[C@H]3O)cc2-c2cc(O[C@H]3O[C@@H](CO)[C@H](O)[C@@H](O)[C@@H]3O)cc(C)c2O)c1O. The lowest BCUT2D eigenvalue weighted by atomic mass is 9.97. The number of ether oxygens (including phenoxy) is 7. The van der Waals surface area contributed by atoms with Crippen molar-refractivity contribution in [2.24, 2.45) is 0 Å². The summed E-state index contributed by atoms with van der Waals surface area (Å²) in [7, 11) is 0. The van der Waals surface area contributed by atoms with E-state index >= 15 is 0 Å². The average Bonchev–Trinajstić information content (AvgIpc) is 3.22. The fourth-order valence-corrected chi connectivity index (χ4v) is 7.03. The van der Waals surface area contributed by atoms with Crippen molar-refractivity contribution < 1.29 is 105 Å². The van der Waals surface area contributed by atoms with Gasteiger partial charge in [0, 0.05) is 17.2 Å². The molecule has 3 saturated heterocycles. The molecule has 3 aliphatic rings. The van der Waals surface area contributed by atoms with Gasteiger partial charge in [0.15, 0.2) is 11.5 Å². The van der Waals surface area contributed by atoms with Gasteiger partial charge in [0.1, 0.15) is 102 Å². The Morgan fingerprint density at radius 3 is 1.18 bits per heavy atom. The molecule has 0 aliphatic carbocycles. The van der Waals surface area contributed by atoms with Gasteiger partial charge >= 0.3 is 0 Å². The van der Waals surface area contributed by atoms with E-state index in [0.29, 0.717) is 0 Å². The van der Waals surface area contributed by atoms with Crippen LogP contribution in [0.15, 0.2) is 36.4 Å². The lowest BCUT2D eigenvalue weighted by Crippen LogP contribution is -2.60. The molecular formula is C39H50O21. The molecule has 332 valence electrons. The Bertz CT molecular complexity index is 1960. The molecule has 0 saturated carbocycles. The van der Waals surface area contributed by atoms with Crippen molar-refractivity contribution in [3.63, 3.8) is 0 Å². The quantitative estimate of drug-likeness (QED) is 0.0864. The molecule has 21 heteroatoms. The first-order valence-electron chi connectivity index (χ1n) is 18.8. The number of aliphatic hydroxyl groups is 12. The van der Waals surface area contributed by atoms with Crippen LogP contribution in [-0.2, 0) is 14.2 Å². The van der Waals surface area contributed by atoms with Crippen molar-refractivity contribution in [3.05, 3.63) is 53.1 Å². The van der Waals surface area contributed by atoms with E-state index in [0.717, 1.165) is 0 Å². The van der Waals surface area contributed by atoms with Gasteiger partial charge in [-0.2, -0.15) is 0 Å². The van der Waals surface area contributed by atoms with E-state index in [2.05, 4.69) is 0 Å². The molecule has 60 heavy (non-hydrogen) atoms. The third-order valence-corrected chi connectivity index (χ3v) is 10.6. The number of hydrogen-bond acceptors (Lipinski definition) is 21. The second-order valence-electron chi connectivity index (χ2n) is 14.9. The van der Waals surface area contributed by atoms with E-state index in [-0.39, 0.29) is 62.3 Å². The second kappa shape index (κ2) is 18.5. The summed E-state index contributed by atoms with van der Waals surface area (Å²) < 4.78 is 40.4. The van der Waals surface area contributed by atoms with Gasteiger partial charge in [-0.1, -0.05) is 0 Å². The summed E-state index contributed by atoms with van der Waals surface area (Å²) in [5.74, 6) is -1.28. The number of phenols is 2. The summed E-state index contributed by atoms with van der Waals surface area (Å²) in [6, 6.07) is 7.91. The molecule has 3 fully saturated rings. The predicted octanol–water partition coefficient (Wildman–Crippen LogP) is -2.98. The van der Waals surface area contributed by atoms with Gasteiger partial charge in [-0.05, 0) is 67.8 Å². The number of aryl methyl sites for hydroxylation is 3. The third-order valence-electron chi connectivity index (χ3n) is 10.6. The van der Waals surface area contributed by atoms with E-state index in [1.165, 1.54) is 57.2 Å². The minimum Gasteiger partial charge on any atom is -0.507 e. The molecule has 0 bridgehead atoms. The van der Waals surface area contributed by atoms with Crippen LogP contribution in [0.25, 0.3) is 11.1 Å². The van der Waals surface area contributed by atoms with Crippen molar-refractivity contribution in [1.29, 1.82) is 0 Å². The van der Waals surface area contributed by atoms with Crippen LogP contribution in [0.3, 0.4) is 0 Å². The number of rotatable bonds is 12. The lowest BCUT2D eigenvalue weighted by molar-refractivity contribution is -0.277. The maximum absolute atomic E-state index is 11.5. The highest BCUT2D eigenvalue weighted by molar-refractivity contribution is 5.81. The normalized spacial score (nSPS) is 34.5. The van der Waals surface area contributed by atoms with Gasteiger partial charge in [-0.15, -0.1) is 0 Å². The summed E-state index contributed by atoms with van der Waals surface area (Å²) in [5.41, 5.74) is 0.567. The number of benzene rings is 3. The first-order valence-corrected chi connectivity index (χ1v) is 18.8. The van der Waals surface area contributed by atoms with Gasteiger partial charge in [0.2, 0.25) is 18.9 Å². The molecule has 3 aromatic rings. The topological polar surface area (TPSA) is 348 Å². The maximum atomic E-state index is 11.5. The standard InChI is InChI=1S/C39H50O21/c1-13-4-16(54-37-33(51)30(48)27(45)22(10-40)58-37)7-19(25(13)43)20-8-17(55-38-34(52)31(49)28(46)23(11-41)59-38)6-15(3)36(20)57-21-9-18(5-14(2)26(21)44)56-39-35(53)32(50)29(47)24(12-42)60-39/h4-9,22-24,27-35,37-53H,10-12H2,1-3H3/t22-,23+,24+,27-,28+,29+,30+,31-,32-,33-,34+,35+,37-,38+,39+/m0/s1. The molecule has 3 aliphatic heterocycles. The van der Waals surface area contributed by atoms with E-state index < -0.39 is 118 Å². The maximum Gasteiger partial charge on any atom is 0.229 e. The lowest BCUT2D eigenvalue weighted by Gasteiger charge is -2.39. The van der Waals surface area contributed by atoms with E-state index in [1.54, 1.807) is 0 Å². The molecule has 0 aromatic heterocycles. The van der Waals surface area contributed by atoms with Crippen LogP contribution in [0.2, 0.25) is 0 Å². The zero-order chi connectivity index (χ0) is 43.9. The molecule has 3 heterocycles. The average molecular weight is 855 g/mol. The Labute approximate surface area is 341 Å². The number of aliphatic hydroxyl groups excluding tert-OH is 12. The Morgan fingerprint density at radius 1 is 0.433 bits per heavy atom. The highest BCUT2D eigenvalue weighted by atomic mass is 16.7. The number of hydrogen-bond donors (Lipinski definition) is 14. The van der Waals surface area contributed by atoms with Crippen molar-refractivity contribution in [1.82, 2.24) is 0 Å². The Balaban J connectivity index is 1.42. The molecule has 0 unspecified atom stereocenters. The summed E-state index contributed by atoms with van der Waals surface area (Å²) in [4.78, 5) is 0. The van der Waals surface area contributed by atoms with Gasteiger partial charge in [-0.3, -0.25) is 0 Å². The second-order valence-corrected chi connectivity index (χ2v) is 14.9. The molecule has 14 N–H and O–H groups in total. The van der Waals surface area contributed by atoms with E-state index in [9.17, 15) is 71.5 Å². The van der Waals surface area contributed by atoms with Crippen molar-refractivity contribution in [2.75, 3.05) is 19.8 Å². The minimum atomic E-state index is -1.81. The first kappa shape index (κ1) is 45.4. The highest BCUT2D eigenvalue weighted by Gasteiger charge is 2.47.